The Bertz CT molecular complexity index is 418. The van der Waals surface area contributed by atoms with E-state index in [4.69, 9.17) is 0 Å². The van der Waals surface area contributed by atoms with Crippen LogP contribution in [0, 0.1) is 11.3 Å². The summed E-state index contributed by atoms with van der Waals surface area (Å²) in [5, 5.41) is 2.99. The van der Waals surface area contributed by atoms with Crippen molar-refractivity contribution in [1.29, 1.82) is 0 Å². The van der Waals surface area contributed by atoms with E-state index < -0.39 is 5.54 Å². The lowest BCUT2D eigenvalue weighted by Gasteiger charge is -2.46. The minimum Gasteiger partial charge on any atom is -0.311 e. The van der Waals surface area contributed by atoms with E-state index in [1.54, 1.807) is 0 Å². The van der Waals surface area contributed by atoms with Crippen molar-refractivity contribution in [2.75, 3.05) is 13.1 Å². The third kappa shape index (κ3) is 1.68. The molecule has 18 heavy (non-hydrogen) atoms. The van der Waals surface area contributed by atoms with E-state index in [0.717, 1.165) is 0 Å². The van der Waals surface area contributed by atoms with Crippen LogP contribution < -0.4 is 5.32 Å². The number of Topliss-reactive ketones (excluding diaryl/α,β-unsaturated/α-hetero) is 1. The van der Waals surface area contributed by atoms with Crippen molar-refractivity contribution in [3.63, 3.8) is 0 Å². The summed E-state index contributed by atoms with van der Waals surface area (Å²) >= 11 is 0. The van der Waals surface area contributed by atoms with Gasteiger partial charge in [-0.1, -0.05) is 20.8 Å². The molecular formula is C13H20N2O3. The number of amides is 2. The van der Waals surface area contributed by atoms with E-state index in [-0.39, 0.29) is 35.4 Å². The molecule has 2 amide bonds. The van der Waals surface area contributed by atoms with Gasteiger partial charge >= 0.3 is 0 Å². The number of rotatable bonds is 2. The normalized spacial score (nSPS) is 27.3. The highest BCUT2D eigenvalue weighted by atomic mass is 16.2. The van der Waals surface area contributed by atoms with Gasteiger partial charge in [-0.05, 0) is 12.3 Å². The Hall–Kier alpha value is -1.23. The maximum Gasteiger partial charge on any atom is 0.234 e. The maximum absolute atomic E-state index is 12.4. The average molecular weight is 252 g/mol. The molecule has 1 N–H and O–H groups in total. The average Bonchev–Trinajstić information content (AvgIpc) is 2.42. The molecule has 0 bridgehead atoms. The van der Waals surface area contributed by atoms with Crippen molar-refractivity contribution in [3.05, 3.63) is 0 Å². The van der Waals surface area contributed by atoms with E-state index in [0.29, 0.717) is 13.1 Å². The maximum atomic E-state index is 12.4. The number of carbonyl (C=O) groups is 3. The van der Waals surface area contributed by atoms with Gasteiger partial charge in [-0.25, -0.2) is 0 Å². The highest BCUT2D eigenvalue weighted by molar-refractivity contribution is 6.09. The molecule has 0 saturated carbocycles. The van der Waals surface area contributed by atoms with Crippen molar-refractivity contribution in [3.8, 4) is 0 Å². The molecule has 2 saturated heterocycles. The summed E-state index contributed by atoms with van der Waals surface area (Å²) in [5.41, 5.74) is -1.18. The molecular weight excluding hydrogens is 232 g/mol. The summed E-state index contributed by atoms with van der Waals surface area (Å²) in [6, 6.07) is 0. The first-order chi connectivity index (χ1) is 8.20. The van der Waals surface area contributed by atoms with Crippen molar-refractivity contribution >= 4 is 17.6 Å². The Morgan fingerprint density at radius 3 is 2.17 bits per heavy atom. The van der Waals surface area contributed by atoms with Crippen molar-refractivity contribution in [1.82, 2.24) is 10.2 Å². The van der Waals surface area contributed by atoms with Gasteiger partial charge in [0, 0.05) is 19.5 Å². The fourth-order valence-corrected chi connectivity index (χ4v) is 2.68. The highest BCUT2D eigenvalue weighted by Gasteiger charge is 2.57. The molecule has 2 aliphatic rings. The Morgan fingerprint density at radius 2 is 1.89 bits per heavy atom. The van der Waals surface area contributed by atoms with Crippen molar-refractivity contribution in [2.45, 2.75) is 39.7 Å². The van der Waals surface area contributed by atoms with Crippen LogP contribution in [0.2, 0.25) is 0 Å². The quantitative estimate of drug-likeness (QED) is 0.720. The lowest BCUT2D eigenvalue weighted by Crippen LogP contribution is -2.73. The molecule has 2 aliphatic heterocycles. The van der Waals surface area contributed by atoms with Crippen molar-refractivity contribution < 1.29 is 14.4 Å². The summed E-state index contributed by atoms with van der Waals surface area (Å²) in [4.78, 5) is 37.6. The molecule has 2 rings (SSSR count). The van der Waals surface area contributed by atoms with Crippen LogP contribution in [-0.2, 0) is 14.4 Å². The zero-order chi connectivity index (χ0) is 13.7. The lowest BCUT2D eigenvalue weighted by molar-refractivity contribution is -0.156. The number of likely N-dealkylation sites (tertiary alicyclic amines) is 1. The number of hydrogen-bond acceptors (Lipinski definition) is 4. The largest absolute Gasteiger partial charge is 0.311 e. The van der Waals surface area contributed by atoms with Crippen LogP contribution in [0.4, 0.5) is 0 Å². The van der Waals surface area contributed by atoms with Gasteiger partial charge < -0.3 is 5.32 Å². The van der Waals surface area contributed by atoms with Gasteiger partial charge in [-0.15, -0.1) is 0 Å². The van der Waals surface area contributed by atoms with Crippen LogP contribution in [0.5, 0.6) is 0 Å². The summed E-state index contributed by atoms with van der Waals surface area (Å²) in [7, 11) is 0. The zero-order valence-corrected chi connectivity index (χ0v) is 11.4. The topological polar surface area (TPSA) is 66.5 Å². The SMILES string of the molecule is CC(=O)C1(N2C(=O)CC(C(C)(C)C)C2=O)CNC1. The molecule has 100 valence electrons. The second kappa shape index (κ2) is 3.88. The first-order valence-corrected chi connectivity index (χ1v) is 6.29. The van der Waals surface area contributed by atoms with Crippen LogP contribution in [0.1, 0.15) is 34.1 Å². The molecule has 0 aromatic heterocycles. The summed E-state index contributed by atoms with van der Waals surface area (Å²) < 4.78 is 0. The number of carbonyl (C=O) groups excluding carboxylic acids is 3. The highest BCUT2D eigenvalue weighted by Crippen LogP contribution is 2.39. The second-order valence-electron chi connectivity index (χ2n) is 6.38. The third-order valence-electron chi connectivity index (χ3n) is 4.11. The molecule has 5 nitrogen and oxygen atoms in total. The predicted octanol–water partition coefficient (Wildman–Crippen LogP) is 0.339. The Balaban J connectivity index is 2.33. The first kappa shape index (κ1) is 13.2. The van der Waals surface area contributed by atoms with E-state index in [1.165, 1.54) is 11.8 Å². The van der Waals surface area contributed by atoms with Crippen LogP contribution in [-0.4, -0.2) is 41.1 Å². The smallest absolute Gasteiger partial charge is 0.234 e. The molecule has 1 unspecified atom stereocenters. The summed E-state index contributed by atoms with van der Waals surface area (Å²) in [6.45, 7) is 8.07. The monoisotopic (exact) mass is 252 g/mol. The van der Waals surface area contributed by atoms with Gasteiger partial charge in [0.05, 0.1) is 5.92 Å². The molecule has 0 aromatic carbocycles. The van der Waals surface area contributed by atoms with Crippen LogP contribution in [0.3, 0.4) is 0 Å². The minimum atomic E-state index is -0.922. The van der Waals surface area contributed by atoms with Gasteiger partial charge in [0.15, 0.2) is 5.78 Å². The summed E-state index contributed by atoms with van der Waals surface area (Å²) in [6.07, 6.45) is 0.220. The lowest BCUT2D eigenvalue weighted by atomic mass is 9.79. The molecule has 5 heteroatoms. The Kier molecular flexibility index (Phi) is 2.85. The van der Waals surface area contributed by atoms with Crippen LogP contribution in [0.25, 0.3) is 0 Å². The molecule has 2 fully saturated rings. The Labute approximate surface area is 107 Å². The number of nitrogens with one attached hydrogen (secondary N) is 1. The first-order valence-electron chi connectivity index (χ1n) is 6.29. The number of imide groups is 1. The van der Waals surface area contributed by atoms with E-state index in [1.807, 2.05) is 20.8 Å². The second-order valence-corrected chi connectivity index (χ2v) is 6.38. The van der Waals surface area contributed by atoms with Crippen LogP contribution in [0.15, 0.2) is 0 Å². The molecule has 0 spiro atoms. The summed E-state index contributed by atoms with van der Waals surface area (Å²) in [5.74, 6) is -0.833. The van der Waals surface area contributed by atoms with Crippen molar-refractivity contribution in [2.24, 2.45) is 11.3 Å². The van der Waals surface area contributed by atoms with Gasteiger partial charge in [-0.3, -0.25) is 19.3 Å². The Morgan fingerprint density at radius 1 is 1.33 bits per heavy atom. The number of ketones is 1. The fourth-order valence-electron chi connectivity index (χ4n) is 2.68. The molecule has 1 atom stereocenters. The molecule has 0 radical (unpaired) electrons. The molecule has 0 aliphatic carbocycles. The molecule has 2 heterocycles. The fraction of sp³-hybridized carbons (Fsp3) is 0.769. The zero-order valence-electron chi connectivity index (χ0n) is 11.4. The standard InChI is InChI=1S/C13H20N2O3/c1-8(16)13(6-14-7-13)15-10(17)5-9(11(15)18)12(2,3)4/h9,14H,5-7H2,1-4H3. The van der Waals surface area contributed by atoms with Gasteiger partial charge in [-0.2, -0.15) is 0 Å². The van der Waals surface area contributed by atoms with Crippen LogP contribution >= 0.6 is 0 Å². The van der Waals surface area contributed by atoms with Gasteiger partial charge in [0.1, 0.15) is 5.54 Å². The molecule has 0 aromatic rings. The minimum absolute atomic E-state index is 0.113. The number of nitrogens with zero attached hydrogens (tertiary/aromatic N) is 1. The van der Waals surface area contributed by atoms with E-state index in [2.05, 4.69) is 5.32 Å². The van der Waals surface area contributed by atoms with Gasteiger partial charge in [0.2, 0.25) is 11.8 Å². The predicted molar refractivity (Wildman–Crippen MR) is 65.7 cm³/mol. The number of hydrogen-bond donors (Lipinski definition) is 1. The van der Waals surface area contributed by atoms with E-state index in [9.17, 15) is 14.4 Å². The third-order valence-corrected chi connectivity index (χ3v) is 4.11. The van der Waals surface area contributed by atoms with Gasteiger partial charge in [0.25, 0.3) is 0 Å². The van der Waals surface area contributed by atoms with E-state index >= 15 is 0 Å².